The average Bonchev–Trinajstić information content (AvgIpc) is 2.26. The third kappa shape index (κ3) is 2.18. The molecule has 0 saturated heterocycles. The Bertz CT molecular complexity index is 500. The van der Waals surface area contributed by atoms with E-state index in [0.29, 0.717) is 5.92 Å². The van der Waals surface area contributed by atoms with Gasteiger partial charge in [0, 0.05) is 6.04 Å². The minimum absolute atomic E-state index is 0. The van der Waals surface area contributed by atoms with Crippen LogP contribution in [0.5, 0.6) is 0 Å². The zero-order valence-electron chi connectivity index (χ0n) is 9.80. The molecule has 1 aliphatic rings. The molecule has 90 valence electrons. The first-order valence-corrected chi connectivity index (χ1v) is 6.09. The molecule has 1 fully saturated rings. The van der Waals surface area contributed by atoms with Crippen LogP contribution in [0.4, 0.5) is 0 Å². The molecule has 2 aromatic carbocycles. The second kappa shape index (κ2) is 5.07. The van der Waals surface area contributed by atoms with Crippen molar-refractivity contribution in [3.8, 4) is 0 Å². The fraction of sp³-hybridized carbons (Fsp3) is 0.333. The maximum atomic E-state index is 6.37. The summed E-state index contributed by atoms with van der Waals surface area (Å²) in [6.45, 7) is 0. The van der Waals surface area contributed by atoms with Crippen LogP contribution in [0.15, 0.2) is 42.5 Å². The predicted octanol–water partition coefficient (Wildman–Crippen LogP) is 4.06. The number of fused-ring (bicyclic) bond motifs is 1. The Morgan fingerprint density at radius 3 is 2.41 bits per heavy atom. The van der Waals surface area contributed by atoms with E-state index in [1.165, 1.54) is 35.6 Å². The first kappa shape index (κ1) is 12.4. The van der Waals surface area contributed by atoms with E-state index < -0.39 is 0 Å². The molecule has 1 nitrogen and oxygen atoms in total. The summed E-state index contributed by atoms with van der Waals surface area (Å²) in [5, 5.41) is 2.62. The minimum Gasteiger partial charge on any atom is -0.324 e. The van der Waals surface area contributed by atoms with E-state index in [9.17, 15) is 0 Å². The summed E-state index contributed by atoms with van der Waals surface area (Å²) in [5.74, 6) is 0.700. The molecule has 0 radical (unpaired) electrons. The molecule has 0 unspecified atom stereocenters. The third-order valence-electron chi connectivity index (χ3n) is 3.84. The van der Waals surface area contributed by atoms with Crippen LogP contribution in [-0.4, -0.2) is 0 Å². The molecule has 0 aliphatic heterocycles. The monoisotopic (exact) mass is 247 g/mol. The van der Waals surface area contributed by atoms with E-state index in [2.05, 4.69) is 42.5 Å². The smallest absolute Gasteiger partial charge is 0.0329 e. The largest absolute Gasteiger partial charge is 0.324 e. The van der Waals surface area contributed by atoms with E-state index in [0.717, 1.165) is 0 Å². The van der Waals surface area contributed by atoms with E-state index in [-0.39, 0.29) is 18.4 Å². The third-order valence-corrected chi connectivity index (χ3v) is 3.84. The molecule has 1 saturated carbocycles. The summed E-state index contributed by atoms with van der Waals surface area (Å²) >= 11 is 0. The molecule has 0 bridgehead atoms. The summed E-state index contributed by atoms with van der Waals surface area (Å²) in [5.41, 5.74) is 7.69. The molecule has 17 heavy (non-hydrogen) atoms. The van der Waals surface area contributed by atoms with Crippen molar-refractivity contribution in [3.63, 3.8) is 0 Å². The maximum absolute atomic E-state index is 6.37. The van der Waals surface area contributed by atoms with Crippen molar-refractivity contribution in [2.75, 3.05) is 0 Å². The van der Waals surface area contributed by atoms with Crippen LogP contribution in [-0.2, 0) is 0 Å². The SMILES string of the molecule is Cl.N[C@H](c1cccc2ccccc12)C1CCC1. The second-order valence-corrected chi connectivity index (χ2v) is 4.79. The van der Waals surface area contributed by atoms with Gasteiger partial charge in [-0.3, -0.25) is 0 Å². The Balaban J connectivity index is 0.00000108. The Kier molecular flexibility index (Phi) is 3.70. The van der Waals surface area contributed by atoms with Crippen LogP contribution in [0.2, 0.25) is 0 Å². The Morgan fingerprint density at radius 1 is 1.00 bits per heavy atom. The van der Waals surface area contributed by atoms with E-state index in [1.54, 1.807) is 0 Å². The molecule has 1 aliphatic carbocycles. The second-order valence-electron chi connectivity index (χ2n) is 4.79. The Labute approximate surface area is 108 Å². The van der Waals surface area contributed by atoms with Gasteiger partial charge in [-0.25, -0.2) is 0 Å². The lowest BCUT2D eigenvalue weighted by atomic mass is 9.77. The van der Waals surface area contributed by atoms with Gasteiger partial charge in [0.2, 0.25) is 0 Å². The van der Waals surface area contributed by atoms with E-state index in [4.69, 9.17) is 5.73 Å². The number of benzene rings is 2. The van der Waals surface area contributed by atoms with Gasteiger partial charge in [0.05, 0.1) is 0 Å². The lowest BCUT2D eigenvalue weighted by Gasteiger charge is -2.32. The number of nitrogens with two attached hydrogens (primary N) is 1. The van der Waals surface area contributed by atoms with Gasteiger partial charge in [-0.05, 0) is 35.1 Å². The highest BCUT2D eigenvalue weighted by Crippen LogP contribution is 2.38. The fourth-order valence-corrected chi connectivity index (χ4v) is 2.59. The van der Waals surface area contributed by atoms with Gasteiger partial charge in [0.1, 0.15) is 0 Å². The molecule has 3 rings (SSSR count). The topological polar surface area (TPSA) is 26.0 Å². The van der Waals surface area contributed by atoms with Crippen molar-refractivity contribution in [2.45, 2.75) is 25.3 Å². The fourth-order valence-electron chi connectivity index (χ4n) is 2.59. The van der Waals surface area contributed by atoms with Crippen LogP contribution < -0.4 is 5.73 Å². The summed E-state index contributed by atoms with van der Waals surface area (Å²) in [7, 11) is 0. The quantitative estimate of drug-likeness (QED) is 0.851. The molecule has 2 N–H and O–H groups in total. The highest BCUT2D eigenvalue weighted by molar-refractivity contribution is 5.86. The number of rotatable bonds is 2. The molecule has 0 aromatic heterocycles. The van der Waals surface area contributed by atoms with Crippen molar-refractivity contribution >= 4 is 23.2 Å². The van der Waals surface area contributed by atoms with Crippen LogP contribution >= 0.6 is 12.4 Å². The van der Waals surface area contributed by atoms with Crippen LogP contribution in [0.3, 0.4) is 0 Å². The summed E-state index contributed by atoms with van der Waals surface area (Å²) in [6, 6.07) is 15.2. The highest BCUT2D eigenvalue weighted by Gasteiger charge is 2.26. The van der Waals surface area contributed by atoms with Crippen LogP contribution in [0.25, 0.3) is 10.8 Å². The average molecular weight is 248 g/mol. The van der Waals surface area contributed by atoms with Gasteiger partial charge in [-0.2, -0.15) is 0 Å². The van der Waals surface area contributed by atoms with Gasteiger partial charge in [0.25, 0.3) is 0 Å². The Hall–Kier alpha value is -1.05. The van der Waals surface area contributed by atoms with Gasteiger partial charge in [-0.1, -0.05) is 48.9 Å². The molecule has 1 atom stereocenters. The standard InChI is InChI=1S/C15H17N.ClH/c16-15(12-7-3-8-12)14-10-4-6-11-5-1-2-9-13(11)14;/h1-2,4-6,9-10,12,15H,3,7-8,16H2;1H/t15-;/m0./s1. The summed E-state index contributed by atoms with van der Waals surface area (Å²) < 4.78 is 0. The Morgan fingerprint density at radius 2 is 1.71 bits per heavy atom. The minimum atomic E-state index is 0. The molecular formula is C15H18ClN. The van der Waals surface area contributed by atoms with E-state index in [1.807, 2.05) is 0 Å². The number of hydrogen-bond acceptors (Lipinski definition) is 1. The highest BCUT2D eigenvalue weighted by atomic mass is 35.5. The van der Waals surface area contributed by atoms with Gasteiger partial charge >= 0.3 is 0 Å². The molecular weight excluding hydrogens is 230 g/mol. The zero-order chi connectivity index (χ0) is 11.0. The summed E-state index contributed by atoms with van der Waals surface area (Å²) in [4.78, 5) is 0. The van der Waals surface area contributed by atoms with Crippen molar-refractivity contribution in [2.24, 2.45) is 11.7 Å². The first-order chi connectivity index (χ1) is 7.86. The lowest BCUT2D eigenvalue weighted by molar-refractivity contribution is 0.265. The molecule has 2 aromatic rings. The van der Waals surface area contributed by atoms with Crippen molar-refractivity contribution < 1.29 is 0 Å². The summed E-state index contributed by atoms with van der Waals surface area (Å²) in [6.07, 6.45) is 3.94. The van der Waals surface area contributed by atoms with Crippen molar-refractivity contribution in [1.82, 2.24) is 0 Å². The van der Waals surface area contributed by atoms with Gasteiger partial charge < -0.3 is 5.73 Å². The number of hydrogen-bond donors (Lipinski definition) is 1. The van der Waals surface area contributed by atoms with Crippen LogP contribution in [0, 0.1) is 5.92 Å². The zero-order valence-corrected chi connectivity index (χ0v) is 10.6. The van der Waals surface area contributed by atoms with Gasteiger partial charge in [0.15, 0.2) is 0 Å². The van der Waals surface area contributed by atoms with Crippen molar-refractivity contribution in [3.05, 3.63) is 48.0 Å². The van der Waals surface area contributed by atoms with Crippen molar-refractivity contribution in [1.29, 1.82) is 0 Å². The first-order valence-electron chi connectivity index (χ1n) is 6.09. The van der Waals surface area contributed by atoms with E-state index >= 15 is 0 Å². The molecule has 0 heterocycles. The number of halogens is 1. The maximum Gasteiger partial charge on any atom is 0.0329 e. The normalized spacial score (nSPS) is 17.2. The van der Waals surface area contributed by atoms with Gasteiger partial charge in [-0.15, -0.1) is 12.4 Å². The molecule has 2 heteroatoms. The van der Waals surface area contributed by atoms with Crippen LogP contribution in [0.1, 0.15) is 30.9 Å². The predicted molar refractivity (Wildman–Crippen MR) is 75.5 cm³/mol. The lowest BCUT2D eigenvalue weighted by Crippen LogP contribution is -2.26. The molecule has 0 spiro atoms. The molecule has 0 amide bonds.